The Kier molecular flexibility index (Phi) is 5.09. The van der Waals surface area contributed by atoms with Crippen LogP contribution in [0.1, 0.15) is 11.6 Å². The highest BCUT2D eigenvalue weighted by molar-refractivity contribution is 6.32. The molecule has 0 aliphatic rings. The van der Waals surface area contributed by atoms with E-state index in [1.165, 1.54) is 4.98 Å². The molecule has 0 fully saturated rings. The van der Waals surface area contributed by atoms with E-state index in [0.29, 0.717) is 12.1 Å². The molecule has 0 amide bonds. The van der Waals surface area contributed by atoms with Gasteiger partial charge in [-0.05, 0) is 6.07 Å². The maximum Gasteiger partial charge on any atom is 0.470 e. The second-order valence-corrected chi connectivity index (χ2v) is 5.77. The molecule has 1 N–H and O–H groups in total. The van der Waals surface area contributed by atoms with E-state index >= 15 is 0 Å². The number of aromatic nitrogens is 4. The van der Waals surface area contributed by atoms with Crippen molar-refractivity contribution in [3.05, 3.63) is 61.5 Å². The summed E-state index contributed by atoms with van der Waals surface area (Å²) in [4.78, 5) is 25.3. The zero-order valence-corrected chi connectivity index (χ0v) is 14.5. The number of aromatic amines is 1. The van der Waals surface area contributed by atoms with Crippen LogP contribution in [0.2, 0.25) is 5.02 Å². The third kappa shape index (κ3) is 4.14. The first kappa shape index (κ1) is 21.4. The van der Waals surface area contributed by atoms with Crippen LogP contribution >= 0.6 is 11.6 Å². The molecule has 30 heavy (non-hydrogen) atoms. The number of hydrogen-bond donors (Lipinski definition) is 1. The van der Waals surface area contributed by atoms with Crippen molar-refractivity contribution in [2.75, 3.05) is 0 Å². The van der Waals surface area contributed by atoms with Crippen molar-refractivity contribution in [1.82, 2.24) is 19.7 Å². The Balaban J connectivity index is 2.08. The van der Waals surface area contributed by atoms with Gasteiger partial charge in [-0.15, -0.1) is 0 Å². The van der Waals surface area contributed by atoms with Crippen LogP contribution in [0.5, 0.6) is 11.8 Å². The minimum atomic E-state index is -5.06. The summed E-state index contributed by atoms with van der Waals surface area (Å²) in [5, 5.41) is 5.06. The van der Waals surface area contributed by atoms with Crippen molar-refractivity contribution in [2.24, 2.45) is 0 Å². The minimum absolute atomic E-state index is 0.00356. The number of hydrogen-bond acceptors (Lipinski definition) is 6. The van der Waals surface area contributed by atoms with Crippen LogP contribution in [0.25, 0.3) is 5.69 Å². The van der Waals surface area contributed by atoms with Crippen molar-refractivity contribution in [3.63, 3.8) is 0 Å². The number of rotatable bonds is 3. The molecule has 0 aliphatic heterocycles. The molecule has 0 atom stereocenters. The predicted molar refractivity (Wildman–Crippen MR) is 82.0 cm³/mol. The molecular formula is C14H4ClF7N4O4. The van der Waals surface area contributed by atoms with Crippen LogP contribution in [-0.2, 0) is 12.4 Å². The van der Waals surface area contributed by atoms with E-state index in [1.54, 1.807) is 0 Å². The largest absolute Gasteiger partial charge is 0.470 e. The Hall–Kier alpha value is -3.36. The van der Waals surface area contributed by atoms with Crippen LogP contribution < -0.4 is 16.0 Å². The summed E-state index contributed by atoms with van der Waals surface area (Å²) >= 11 is 5.70. The molecule has 16 heteroatoms. The Morgan fingerprint density at radius 1 is 1.03 bits per heavy atom. The lowest BCUT2D eigenvalue weighted by Gasteiger charge is -2.11. The number of nitrogens with zero attached hydrogens (tertiary/aromatic N) is 3. The maximum atomic E-state index is 14.2. The summed E-state index contributed by atoms with van der Waals surface area (Å²) < 4.78 is 98.7. The first-order chi connectivity index (χ1) is 13.8. The van der Waals surface area contributed by atoms with E-state index in [2.05, 4.69) is 14.6 Å². The lowest BCUT2D eigenvalue weighted by Crippen LogP contribution is -2.36. The highest BCUT2D eigenvalue weighted by Crippen LogP contribution is 2.35. The summed E-state index contributed by atoms with van der Waals surface area (Å²) in [6.07, 6.45) is -11.1. The number of nitrogens with one attached hydrogen (secondary N) is 1. The average molecular weight is 461 g/mol. The molecule has 3 rings (SSSR count). The van der Waals surface area contributed by atoms with Crippen molar-refractivity contribution in [3.8, 4) is 17.5 Å². The standard InChI is InChI=1S/C14H4ClF7N4O4/c15-4-1-5(16)6(26-9(27)3-8(13(17,18)19)23-11(26)28)2-7(4)29-12-25-24-10(30-12)14(20,21)22/h1-3H,(H,23,28). The Labute approximate surface area is 163 Å². The monoisotopic (exact) mass is 460 g/mol. The van der Waals surface area contributed by atoms with Gasteiger partial charge in [-0.25, -0.2) is 13.8 Å². The van der Waals surface area contributed by atoms with Crippen LogP contribution in [0.15, 0.2) is 32.2 Å². The fraction of sp³-hybridized carbons (Fsp3) is 0.143. The van der Waals surface area contributed by atoms with E-state index < -0.39 is 63.5 Å². The van der Waals surface area contributed by atoms with Crippen molar-refractivity contribution >= 4 is 11.6 Å². The molecule has 0 saturated carbocycles. The van der Waals surface area contributed by atoms with Gasteiger partial charge >= 0.3 is 30.0 Å². The molecule has 160 valence electrons. The second-order valence-electron chi connectivity index (χ2n) is 5.37. The summed E-state index contributed by atoms with van der Waals surface area (Å²) in [6.45, 7) is 0. The molecule has 0 saturated heterocycles. The molecule has 0 aliphatic carbocycles. The molecule has 0 bridgehead atoms. The Morgan fingerprint density at radius 2 is 1.70 bits per heavy atom. The summed E-state index contributed by atoms with van der Waals surface area (Å²) in [7, 11) is 0. The third-order valence-electron chi connectivity index (χ3n) is 3.33. The minimum Gasteiger partial charge on any atom is -0.408 e. The molecule has 1 aromatic carbocycles. The van der Waals surface area contributed by atoms with Gasteiger partial charge in [0, 0.05) is 12.1 Å². The molecule has 0 radical (unpaired) electrons. The SMILES string of the molecule is O=c1cc(C(F)(F)F)[nH]c(=O)n1-c1cc(Oc2nnc(C(F)(F)F)o2)c(Cl)cc1F. The zero-order chi connectivity index (χ0) is 22.4. The normalized spacial score (nSPS) is 12.3. The predicted octanol–water partition coefficient (Wildman–Crippen LogP) is 3.53. The van der Waals surface area contributed by atoms with Gasteiger partial charge < -0.3 is 14.1 Å². The molecule has 2 heterocycles. The van der Waals surface area contributed by atoms with Gasteiger partial charge in [-0.1, -0.05) is 21.8 Å². The van der Waals surface area contributed by atoms with E-state index in [9.17, 15) is 40.3 Å². The summed E-state index contributed by atoms with van der Waals surface area (Å²) in [5.74, 6) is -3.75. The van der Waals surface area contributed by atoms with Gasteiger partial charge in [0.05, 0.1) is 10.7 Å². The van der Waals surface area contributed by atoms with Gasteiger partial charge in [0.25, 0.3) is 5.56 Å². The molecule has 0 unspecified atom stereocenters. The highest BCUT2D eigenvalue weighted by Gasteiger charge is 2.38. The summed E-state index contributed by atoms with van der Waals surface area (Å²) in [5.41, 5.74) is -5.80. The van der Waals surface area contributed by atoms with Crippen molar-refractivity contribution < 1.29 is 39.9 Å². The van der Waals surface area contributed by atoms with Crippen LogP contribution in [0.3, 0.4) is 0 Å². The maximum absolute atomic E-state index is 14.2. The average Bonchev–Trinajstić information content (AvgIpc) is 3.06. The molecule has 2 aromatic heterocycles. The molecular weight excluding hydrogens is 457 g/mol. The van der Waals surface area contributed by atoms with Gasteiger partial charge in [0.1, 0.15) is 11.5 Å². The van der Waals surface area contributed by atoms with Crippen LogP contribution in [-0.4, -0.2) is 19.7 Å². The smallest absolute Gasteiger partial charge is 0.408 e. The summed E-state index contributed by atoms with van der Waals surface area (Å²) in [6, 6.07) is 1.07. The quantitative estimate of drug-likeness (QED) is 0.600. The Morgan fingerprint density at radius 3 is 2.23 bits per heavy atom. The number of H-pyrrole nitrogens is 1. The number of ether oxygens (including phenoxy) is 1. The van der Waals surface area contributed by atoms with Gasteiger partial charge in [0.2, 0.25) is 0 Å². The number of alkyl halides is 6. The molecule has 8 nitrogen and oxygen atoms in total. The number of halogens is 8. The second kappa shape index (κ2) is 7.16. The zero-order valence-electron chi connectivity index (χ0n) is 13.7. The fourth-order valence-electron chi connectivity index (χ4n) is 2.10. The van der Waals surface area contributed by atoms with E-state index in [4.69, 9.17) is 16.3 Å². The van der Waals surface area contributed by atoms with Crippen LogP contribution in [0.4, 0.5) is 30.7 Å². The lowest BCUT2D eigenvalue weighted by atomic mass is 10.2. The number of benzene rings is 1. The van der Waals surface area contributed by atoms with E-state index in [1.807, 2.05) is 0 Å². The fourth-order valence-corrected chi connectivity index (χ4v) is 2.29. The highest BCUT2D eigenvalue weighted by atomic mass is 35.5. The first-order valence-electron chi connectivity index (χ1n) is 7.29. The molecule has 3 aromatic rings. The first-order valence-corrected chi connectivity index (χ1v) is 7.66. The van der Waals surface area contributed by atoms with Gasteiger partial charge in [-0.2, -0.15) is 26.3 Å². The lowest BCUT2D eigenvalue weighted by molar-refractivity contribution is -0.157. The van der Waals surface area contributed by atoms with E-state index in [-0.39, 0.29) is 10.6 Å². The van der Waals surface area contributed by atoms with Crippen LogP contribution in [0, 0.1) is 5.82 Å². The molecule has 0 spiro atoms. The van der Waals surface area contributed by atoms with Crippen molar-refractivity contribution in [2.45, 2.75) is 12.4 Å². The van der Waals surface area contributed by atoms with Gasteiger partial charge in [0.15, 0.2) is 5.75 Å². The van der Waals surface area contributed by atoms with Gasteiger partial charge in [-0.3, -0.25) is 4.79 Å². The Bertz CT molecular complexity index is 1200. The van der Waals surface area contributed by atoms with Crippen molar-refractivity contribution in [1.29, 1.82) is 0 Å². The third-order valence-corrected chi connectivity index (χ3v) is 3.62. The van der Waals surface area contributed by atoms with E-state index in [0.717, 1.165) is 0 Å². The topological polar surface area (TPSA) is 103 Å².